The van der Waals surface area contributed by atoms with Crippen LogP contribution in [0.2, 0.25) is 5.02 Å². The second-order valence-electron chi connectivity index (χ2n) is 4.63. The third-order valence-electron chi connectivity index (χ3n) is 2.47. The molecular weight excluding hydrogens is 266 g/mol. The molecule has 0 fully saturated rings. The fourth-order valence-electron chi connectivity index (χ4n) is 1.35. The number of carbonyl (C=O) groups excluding carboxylic acids is 2. The van der Waals surface area contributed by atoms with Gasteiger partial charge in [0.1, 0.15) is 0 Å². The van der Waals surface area contributed by atoms with E-state index in [2.05, 4.69) is 10.6 Å². The smallest absolute Gasteiger partial charge is 0.313 e. The third-order valence-corrected chi connectivity index (χ3v) is 2.80. The molecule has 0 unspecified atom stereocenters. The first-order chi connectivity index (χ1) is 8.90. The molecule has 0 atom stereocenters. The highest BCUT2D eigenvalue weighted by Crippen LogP contribution is 2.22. The zero-order chi connectivity index (χ0) is 14.4. The van der Waals surface area contributed by atoms with Crippen LogP contribution in [0.3, 0.4) is 0 Å². The Kier molecular flexibility index (Phi) is 5.63. The highest BCUT2D eigenvalue weighted by molar-refractivity contribution is 6.40. The van der Waals surface area contributed by atoms with Gasteiger partial charge in [0.2, 0.25) is 0 Å². The van der Waals surface area contributed by atoms with Gasteiger partial charge in [-0.05, 0) is 30.5 Å². The molecule has 0 bridgehead atoms. The Bertz CT molecular complexity index is 475. The van der Waals surface area contributed by atoms with Gasteiger partial charge >= 0.3 is 11.8 Å². The third kappa shape index (κ3) is 5.18. The van der Waals surface area contributed by atoms with E-state index in [0.29, 0.717) is 28.9 Å². The van der Waals surface area contributed by atoms with Crippen molar-refractivity contribution < 1.29 is 9.59 Å². The van der Waals surface area contributed by atoms with Crippen LogP contribution in [0.5, 0.6) is 0 Å². The van der Waals surface area contributed by atoms with E-state index in [1.807, 2.05) is 13.8 Å². The Morgan fingerprint density at radius 2 is 2.00 bits per heavy atom. The van der Waals surface area contributed by atoms with Crippen molar-refractivity contribution in [3.05, 3.63) is 23.2 Å². The van der Waals surface area contributed by atoms with Crippen LogP contribution in [0.25, 0.3) is 0 Å². The van der Waals surface area contributed by atoms with Crippen LogP contribution < -0.4 is 16.4 Å². The summed E-state index contributed by atoms with van der Waals surface area (Å²) in [6.07, 6.45) is 0.826. The number of nitrogen functional groups attached to an aromatic ring is 1. The van der Waals surface area contributed by atoms with Crippen LogP contribution in [-0.4, -0.2) is 18.4 Å². The van der Waals surface area contributed by atoms with Crippen LogP contribution in [0.1, 0.15) is 20.3 Å². The Morgan fingerprint density at radius 3 is 2.58 bits per heavy atom. The van der Waals surface area contributed by atoms with E-state index in [9.17, 15) is 9.59 Å². The van der Waals surface area contributed by atoms with E-state index in [-0.39, 0.29) is 0 Å². The van der Waals surface area contributed by atoms with Crippen LogP contribution >= 0.6 is 11.6 Å². The number of hydrogen-bond donors (Lipinski definition) is 3. The van der Waals surface area contributed by atoms with Gasteiger partial charge in [-0.25, -0.2) is 0 Å². The summed E-state index contributed by atoms with van der Waals surface area (Å²) in [5.41, 5.74) is 6.40. The molecular formula is C13H18ClN3O2. The molecule has 0 spiro atoms. The van der Waals surface area contributed by atoms with Gasteiger partial charge in [-0.3, -0.25) is 9.59 Å². The summed E-state index contributed by atoms with van der Waals surface area (Å²) in [5, 5.41) is 5.34. The summed E-state index contributed by atoms with van der Waals surface area (Å²) in [4.78, 5) is 23.1. The van der Waals surface area contributed by atoms with Gasteiger partial charge in [0, 0.05) is 12.2 Å². The number of carbonyl (C=O) groups is 2. The minimum atomic E-state index is -0.718. The van der Waals surface area contributed by atoms with Crippen LogP contribution in [0.15, 0.2) is 18.2 Å². The van der Waals surface area contributed by atoms with Crippen molar-refractivity contribution in [1.82, 2.24) is 5.32 Å². The first-order valence-corrected chi connectivity index (χ1v) is 6.42. The average Bonchev–Trinajstić information content (AvgIpc) is 2.33. The topological polar surface area (TPSA) is 84.2 Å². The number of nitrogens with two attached hydrogens (primary N) is 1. The van der Waals surface area contributed by atoms with Gasteiger partial charge in [0.05, 0.1) is 10.7 Å². The summed E-state index contributed by atoms with van der Waals surface area (Å²) < 4.78 is 0. The van der Waals surface area contributed by atoms with E-state index >= 15 is 0 Å². The molecule has 1 aromatic carbocycles. The summed E-state index contributed by atoms with van der Waals surface area (Å²) in [7, 11) is 0. The quantitative estimate of drug-likeness (QED) is 0.584. The molecule has 19 heavy (non-hydrogen) atoms. The lowest BCUT2D eigenvalue weighted by Crippen LogP contribution is -2.36. The van der Waals surface area contributed by atoms with Gasteiger partial charge in [-0.15, -0.1) is 0 Å². The van der Waals surface area contributed by atoms with E-state index in [1.54, 1.807) is 12.1 Å². The van der Waals surface area contributed by atoms with E-state index in [0.717, 1.165) is 6.42 Å². The van der Waals surface area contributed by atoms with E-state index in [1.165, 1.54) is 6.07 Å². The molecule has 1 aromatic rings. The zero-order valence-electron chi connectivity index (χ0n) is 11.0. The van der Waals surface area contributed by atoms with Crippen molar-refractivity contribution in [2.75, 3.05) is 17.6 Å². The average molecular weight is 284 g/mol. The molecule has 2 amide bonds. The van der Waals surface area contributed by atoms with Crippen molar-refractivity contribution in [1.29, 1.82) is 0 Å². The van der Waals surface area contributed by atoms with E-state index < -0.39 is 11.8 Å². The van der Waals surface area contributed by atoms with Gasteiger partial charge in [-0.1, -0.05) is 25.4 Å². The first kappa shape index (κ1) is 15.3. The second-order valence-corrected chi connectivity index (χ2v) is 5.04. The molecule has 0 saturated heterocycles. The summed E-state index contributed by atoms with van der Waals surface area (Å²) in [6.45, 7) is 4.57. The number of benzene rings is 1. The number of hydrogen-bond acceptors (Lipinski definition) is 3. The van der Waals surface area contributed by atoms with Gasteiger partial charge in [-0.2, -0.15) is 0 Å². The maximum absolute atomic E-state index is 11.6. The van der Waals surface area contributed by atoms with E-state index in [4.69, 9.17) is 17.3 Å². The number of halogens is 1. The molecule has 0 aliphatic carbocycles. The molecule has 4 N–H and O–H groups in total. The van der Waals surface area contributed by atoms with Gasteiger partial charge in [0.15, 0.2) is 0 Å². The molecule has 0 aromatic heterocycles. The normalized spacial score (nSPS) is 10.3. The van der Waals surface area contributed by atoms with Crippen LogP contribution in [0, 0.1) is 5.92 Å². The Balaban J connectivity index is 2.49. The fraction of sp³-hybridized carbons (Fsp3) is 0.385. The van der Waals surface area contributed by atoms with Crippen LogP contribution in [0.4, 0.5) is 11.4 Å². The molecule has 104 valence electrons. The molecule has 5 nitrogen and oxygen atoms in total. The highest BCUT2D eigenvalue weighted by Gasteiger charge is 2.13. The molecule has 0 aliphatic heterocycles. The number of rotatable bonds is 4. The second kappa shape index (κ2) is 6.99. The molecule has 0 aliphatic rings. The summed E-state index contributed by atoms with van der Waals surface area (Å²) in [5.74, 6) is -0.905. The fourth-order valence-corrected chi connectivity index (χ4v) is 1.53. The number of anilines is 2. The maximum atomic E-state index is 11.6. The largest absolute Gasteiger partial charge is 0.398 e. The standard InChI is InChI=1S/C13H18ClN3O2/c1-8(2)5-6-16-12(18)13(19)17-9-3-4-11(15)10(14)7-9/h3-4,7-8H,5-6,15H2,1-2H3,(H,16,18)(H,17,19). The minimum Gasteiger partial charge on any atom is -0.398 e. The lowest BCUT2D eigenvalue weighted by molar-refractivity contribution is -0.136. The van der Waals surface area contributed by atoms with Gasteiger partial charge in [0.25, 0.3) is 0 Å². The van der Waals surface area contributed by atoms with Crippen molar-refractivity contribution in [3.8, 4) is 0 Å². The first-order valence-electron chi connectivity index (χ1n) is 6.04. The molecule has 0 heterocycles. The number of amides is 2. The highest BCUT2D eigenvalue weighted by atomic mass is 35.5. The molecule has 0 radical (unpaired) electrons. The van der Waals surface area contributed by atoms with Crippen molar-refractivity contribution >= 4 is 34.8 Å². The minimum absolute atomic E-state index is 0.331. The summed E-state index contributed by atoms with van der Waals surface area (Å²) >= 11 is 5.82. The van der Waals surface area contributed by atoms with Crippen LogP contribution in [-0.2, 0) is 9.59 Å². The molecule has 0 saturated carbocycles. The molecule has 1 rings (SSSR count). The molecule has 6 heteroatoms. The monoisotopic (exact) mass is 283 g/mol. The Hall–Kier alpha value is -1.75. The Labute approximate surface area is 117 Å². The zero-order valence-corrected chi connectivity index (χ0v) is 11.8. The SMILES string of the molecule is CC(C)CCNC(=O)C(=O)Nc1ccc(N)c(Cl)c1. The lowest BCUT2D eigenvalue weighted by atomic mass is 10.1. The predicted octanol–water partition coefficient (Wildman–Crippen LogP) is 2.02. The van der Waals surface area contributed by atoms with Crippen molar-refractivity contribution in [2.24, 2.45) is 5.92 Å². The number of nitrogens with one attached hydrogen (secondary N) is 2. The summed E-state index contributed by atoms with van der Waals surface area (Å²) in [6, 6.07) is 4.64. The lowest BCUT2D eigenvalue weighted by Gasteiger charge is -2.08. The maximum Gasteiger partial charge on any atom is 0.313 e. The van der Waals surface area contributed by atoms with Gasteiger partial charge < -0.3 is 16.4 Å². The Morgan fingerprint density at radius 1 is 1.32 bits per heavy atom. The van der Waals surface area contributed by atoms with Crippen molar-refractivity contribution in [3.63, 3.8) is 0 Å². The predicted molar refractivity (Wildman–Crippen MR) is 77.0 cm³/mol. The van der Waals surface area contributed by atoms with Crippen molar-refractivity contribution in [2.45, 2.75) is 20.3 Å².